The smallest absolute Gasteiger partial charge is 0.165 e. The Labute approximate surface area is 97.9 Å². The molecule has 0 radical (unpaired) electrons. The first-order chi connectivity index (χ1) is 8.20. The number of nitrogens with zero attached hydrogens (tertiary/aromatic N) is 1. The van der Waals surface area contributed by atoms with Crippen molar-refractivity contribution in [2.75, 3.05) is 5.73 Å². The summed E-state index contributed by atoms with van der Waals surface area (Å²) in [6, 6.07) is 12.6. The average molecular weight is 228 g/mol. The maximum atomic E-state index is 13.3. The summed E-state index contributed by atoms with van der Waals surface area (Å²) < 4.78 is 18.7. The van der Waals surface area contributed by atoms with E-state index in [0.29, 0.717) is 17.0 Å². The molecule has 17 heavy (non-hydrogen) atoms. The normalized spacial score (nSPS) is 9.65. The van der Waals surface area contributed by atoms with Crippen LogP contribution in [0.4, 0.5) is 10.1 Å². The van der Waals surface area contributed by atoms with Gasteiger partial charge in [0.15, 0.2) is 17.3 Å². The highest BCUT2D eigenvalue weighted by Gasteiger charge is 2.06. The lowest BCUT2D eigenvalue weighted by molar-refractivity contribution is 0.444. The summed E-state index contributed by atoms with van der Waals surface area (Å²) in [6.07, 6.45) is 0. The Kier molecular flexibility index (Phi) is 2.93. The van der Waals surface area contributed by atoms with Crippen LogP contribution in [0, 0.1) is 17.1 Å². The Morgan fingerprint density at radius 2 is 1.88 bits per heavy atom. The average Bonchev–Trinajstić information content (AvgIpc) is 2.34. The Morgan fingerprint density at radius 3 is 2.53 bits per heavy atom. The highest BCUT2D eigenvalue weighted by Crippen LogP contribution is 2.29. The molecule has 2 aromatic carbocycles. The number of nitrogen functional groups attached to an aromatic ring is 1. The van der Waals surface area contributed by atoms with Gasteiger partial charge in [-0.2, -0.15) is 5.26 Å². The summed E-state index contributed by atoms with van der Waals surface area (Å²) in [4.78, 5) is 0. The van der Waals surface area contributed by atoms with Gasteiger partial charge in [-0.25, -0.2) is 4.39 Å². The van der Waals surface area contributed by atoms with E-state index in [1.807, 2.05) is 6.07 Å². The SMILES string of the molecule is N#Cc1ccc(Oc2ccccc2F)c(N)c1. The maximum absolute atomic E-state index is 13.3. The van der Waals surface area contributed by atoms with Crippen molar-refractivity contribution in [3.8, 4) is 17.6 Å². The van der Waals surface area contributed by atoms with E-state index in [4.69, 9.17) is 15.7 Å². The molecule has 0 aliphatic heterocycles. The molecule has 3 nitrogen and oxygen atoms in total. The number of hydrogen-bond acceptors (Lipinski definition) is 3. The number of benzene rings is 2. The van der Waals surface area contributed by atoms with Gasteiger partial charge < -0.3 is 10.5 Å². The van der Waals surface area contributed by atoms with Gasteiger partial charge in [0.05, 0.1) is 17.3 Å². The summed E-state index contributed by atoms with van der Waals surface area (Å²) in [7, 11) is 0. The van der Waals surface area contributed by atoms with Crippen molar-refractivity contribution < 1.29 is 9.13 Å². The van der Waals surface area contributed by atoms with Gasteiger partial charge >= 0.3 is 0 Å². The molecule has 0 amide bonds. The summed E-state index contributed by atoms with van der Waals surface area (Å²) in [6.45, 7) is 0. The standard InChI is InChI=1S/C13H9FN2O/c14-10-3-1-2-4-12(10)17-13-6-5-9(8-15)7-11(13)16/h1-7H,16H2. The Balaban J connectivity index is 2.32. The molecule has 0 saturated heterocycles. The zero-order chi connectivity index (χ0) is 12.3. The molecule has 0 bridgehead atoms. The van der Waals surface area contributed by atoms with Crippen LogP contribution >= 0.6 is 0 Å². The van der Waals surface area contributed by atoms with Gasteiger partial charge in [0.2, 0.25) is 0 Å². The van der Waals surface area contributed by atoms with Crippen LogP contribution in [0.25, 0.3) is 0 Å². The molecule has 0 saturated carbocycles. The van der Waals surface area contributed by atoms with E-state index < -0.39 is 5.82 Å². The van der Waals surface area contributed by atoms with Crippen LogP contribution in [0.2, 0.25) is 0 Å². The molecule has 84 valence electrons. The first kappa shape index (κ1) is 11.0. The van der Waals surface area contributed by atoms with Gasteiger partial charge in [-0.3, -0.25) is 0 Å². The lowest BCUT2D eigenvalue weighted by atomic mass is 10.2. The molecule has 0 aliphatic rings. The molecule has 0 heterocycles. The minimum Gasteiger partial charge on any atom is -0.452 e. The summed E-state index contributed by atoms with van der Waals surface area (Å²) in [5.41, 5.74) is 6.43. The highest BCUT2D eigenvalue weighted by atomic mass is 19.1. The third-order valence-electron chi connectivity index (χ3n) is 2.20. The van der Waals surface area contributed by atoms with E-state index >= 15 is 0 Å². The Bertz CT molecular complexity index is 590. The first-order valence-electron chi connectivity index (χ1n) is 4.92. The molecular formula is C13H9FN2O. The Morgan fingerprint density at radius 1 is 1.12 bits per heavy atom. The van der Waals surface area contributed by atoms with E-state index in [1.165, 1.54) is 18.2 Å². The maximum Gasteiger partial charge on any atom is 0.165 e. The van der Waals surface area contributed by atoms with Crippen LogP contribution in [0.1, 0.15) is 5.56 Å². The third kappa shape index (κ3) is 2.34. The predicted molar refractivity (Wildman–Crippen MR) is 62.0 cm³/mol. The van der Waals surface area contributed by atoms with Crippen LogP contribution in [-0.4, -0.2) is 0 Å². The molecule has 2 N–H and O–H groups in total. The fraction of sp³-hybridized carbons (Fsp3) is 0. The number of rotatable bonds is 2. The number of ether oxygens (including phenoxy) is 1. The molecule has 0 aliphatic carbocycles. The number of nitrogens with two attached hydrogens (primary N) is 1. The lowest BCUT2D eigenvalue weighted by Crippen LogP contribution is -1.94. The van der Waals surface area contributed by atoms with E-state index in [-0.39, 0.29) is 5.75 Å². The van der Waals surface area contributed by atoms with Crippen LogP contribution < -0.4 is 10.5 Å². The summed E-state index contributed by atoms with van der Waals surface area (Å²) >= 11 is 0. The van der Waals surface area contributed by atoms with Crippen LogP contribution in [0.5, 0.6) is 11.5 Å². The topological polar surface area (TPSA) is 59.0 Å². The second kappa shape index (κ2) is 4.54. The fourth-order valence-corrected chi connectivity index (χ4v) is 1.36. The van der Waals surface area contributed by atoms with E-state index in [1.54, 1.807) is 24.3 Å². The zero-order valence-corrected chi connectivity index (χ0v) is 8.85. The number of halogens is 1. The number of anilines is 1. The molecule has 0 atom stereocenters. The molecule has 2 aromatic rings. The number of para-hydroxylation sites is 1. The molecular weight excluding hydrogens is 219 g/mol. The van der Waals surface area contributed by atoms with E-state index in [2.05, 4.69) is 0 Å². The Hall–Kier alpha value is -2.54. The van der Waals surface area contributed by atoms with E-state index in [0.717, 1.165) is 0 Å². The predicted octanol–water partition coefficient (Wildman–Crippen LogP) is 3.07. The molecule has 0 aromatic heterocycles. The largest absolute Gasteiger partial charge is 0.452 e. The molecule has 0 unspecified atom stereocenters. The van der Waals surface area contributed by atoms with Gasteiger partial charge in [0.1, 0.15) is 0 Å². The molecule has 4 heteroatoms. The van der Waals surface area contributed by atoms with Crippen LogP contribution in [-0.2, 0) is 0 Å². The molecule has 0 spiro atoms. The minimum absolute atomic E-state index is 0.101. The third-order valence-corrected chi connectivity index (χ3v) is 2.20. The minimum atomic E-state index is -0.462. The van der Waals surface area contributed by atoms with Crippen LogP contribution in [0.15, 0.2) is 42.5 Å². The van der Waals surface area contributed by atoms with Crippen molar-refractivity contribution in [1.82, 2.24) is 0 Å². The van der Waals surface area contributed by atoms with Crippen molar-refractivity contribution in [3.05, 3.63) is 53.8 Å². The first-order valence-corrected chi connectivity index (χ1v) is 4.92. The molecule has 0 fully saturated rings. The quantitative estimate of drug-likeness (QED) is 0.803. The second-order valence-corrected chi connectivity index (χ2v) is 3.40. The lowest BCUT2D eigenvalue weighted by Gasteiger charge is -2.08. The zero-order valence-electron chi connectivity index (χ0n) is 8.85. The monoisotopic (exact) mass is 228 g/mol. The van der Waals surface area contributed by atoms with Crippen molar-refractivity contribution in [1.29, 1.82) is 5.26 Å². The highest BCUT2D eigenvalue weighted by molar-refractivity contribution is 5.57. The second-order valence-electron chi connectivity index (χ2n) is 3.40. The van der Waals surface area contributed by atoms with Gasteiger partial charge in [-0.05, 0) is 30.3 Å². The molecule has 2 rings (SSSR count). The van der Waals surface area contributed by atoms with E-state index in [9.17, 15) is 4.39 Å². The summed E-state index contributed by atoms with van der Waals surface area (Å²) in [5.74, 6) is -0.0331. The van der Waals surface area contributed by atoms with Crippen molar-refractivity contribution in [2.45, 2.75) is 0 Å². The van der Waals surface area contributed by atoms with Gasteiger partial charge in [-0.15, -0.1) is 0 Å². The number of nitriles is 1. The van der Waals surface area contributed by atoms with Crippen molar-refractivity contribution in [3.63, 3.8) is 0 Å². The van der Waals surface area contributed by atoms with Crippen molar-refractivity contribution >= 4 is 5.69 Å². The van der Waals surface area contributed by atoms with Crippen molar-refractivity contribution in [2.24, 2.45) is 0 Å². The van der Waals surface area contributed by atoms with Gasteiger partial charge in [-0.1, -0.05) is 12.1 Å². The number of hydrogen-bond donors (Lipinski definition) is 1. The van der Waals surface area contributed by atoms with Gasteiger partial charge in [0.25, 0.3) is 0 Å². The fourth-order valence-electron chi connectivity index (χ4n) is 1.36. The summed E-state index contributed by atoms with van der Waals surface area (Å²) in [5, 5.41) is 8.68. The van der Waals surface area contributed by atoms with Gasteiger partial charge in [0, 0.05) is 0 Å². The van der Waals surface area contributed by atoms with Crippen LogP contribution in [0.3, 0.4) is 0 Å².